The number of fused-ring (bicyclic) bond motifs is 1. The third-order valence-electron chi connectivity index (χ3n) is 4.91. The summed E-state index contributed by atoms with van der Waals surface area (Å²) in [5.41, 5.74) is 5.39. The standard InChI is InChI=1S/C23H24N6O4/c1-23(2,32)14-28-10-8-15(27-28)11-19(22(24)31)29-21(30)12-16(13-26-29)33-20-7-3-6-18-17(20)5-4-9-25-18/h3-10,12-13,19,32H,11,14H2,1-2H3,(H2,24,31). The Bertz CT molecular complexity index is 1350. The predicted molar refractivity (Wildman–Crippen MR) is 121 cm³/mol. The van der Waals surface area contributed by atoms with Crippen LogP contribution < -0.4 is 16.0 Å². The van der Waals surface area contributed by atoms with Gasteiger partial charge in [-0.05, 0) is 44.2 Å². The largest absolute Gasteiger partial charge is 0.455 e. The van der Waals surface area contributed by atoms with Gasteiger partial charge in [-0.15, -0.1) is 0 Å². The van der Waals surface area contributed by atoms with E-state index in [2.05, 4.69) is 15.2 Å². The van der Waals surface area contributed by atoms with Crippen molar-refractivity contribution < 1.29 is 14.6 Å². The molecule has 3 N–H and O–H groups in total. The van der Waals surface area contributed by atoms with Crippen molar-refractivity contribution in [2.45, 2.75) is 38.5 Å². The van der Waals surface area contributed by atoms with Gasteiger partial charge in [0.25, 0.3) is 5.56 Å². The summed E-state index contributed by atoms with van der Waals surface area (Å²) >= 11 is 0. The Morgan fingerprint density at radius 3 is 2.79 bits per heavy atom. The second kappa shape index (κ2) is 8.83. The minimum atomic E-state index is -1.03. The van der Waals surface area contributed by atoms with Crippen LogP contribution in [0.3, 0.4) is 0 Å². The minimum absolute atomic E-state index is 0.0797. The minimum Gasteiger partial charge on any atom is -0.455 e. The second-order valence-electron chi connectivity index (χ2n) is 8.34. The lowest BCUT2D eigenvalue weighted by molar-refractivity contribution is -0.121. The molecule has 1 atom stereocenters. The molecule has 10 heteroatoms. The topological polar surface area (TPSA) is 138 Å². The zero-order valence-electron chi connectivity index (χ0n) is 18.3. The first-order valence-corrected chi connectivity index (χ1v) is 10.3. The number of ether oxygens (including phenoxy) is 1. The van der Waals surface area contributed by atoms with Crippen molar-refractivity contribution in [1.29, 1.82) is 0 Å². The third kappa shape index (κ3) is 5.24. The molecular weight excluding hydrogens is 424 g/mol. The smallest absolute Gasteiger partial charge is 0.271 e. The summed E-state index contributed by atoms with van der Waals surface area (Å²) in [4.78, 5) is 29.2. The van der Waals surface area contributed by atoms with Crippen LogP contribution in [0.4, 0.5) is 0 Å². The van der Waals surface area contributed by atoms with E-state index in [9.17, 15) is 14.7 Å². The molecule has 3 heterocycles. The molecule has 1 aromatic carbocycles. The number of benzene rings is 1. The fraction of sp³-hybridized carbons (Fsp3) is 0.261. The molecule has 0 fully saturated rings. The molecule has 33 heavy (non-hydrogen) atoms. The summed E-state index contributed by atoms with van der Waals surface area (Å²) in [5.74, 6) is 0.0454. The molecule has 0 saturated heterocycles. The summed E-state index contributed by atoms with van der Waals surface area (Å²) in [6.07, 6.45) is 4.82. The van der Waals surface area contributed by atoms with Crippen molar-refractivity contribution >= 4 is 16.8 Å². The first-order chi connectivity index (χ1) is 15.7. The van der Waals surface area contributed by atoms with Gasteiger partial charge in [0.15, 0.2) is 5.75 Å². The first kappa shape index (κ1) is 22.2. The van der Waals surface area contributed by atoms with Crippen LogP contribution in [0.15, 0.2) is 65.8 Å². The van der Waals surface area contributed by atoms with E-state index in [0.717, 1.165) is 15.6 Å². The Hall–Kier alpha value is -4.05. The number of nitrogens with zero attached hydrogens (tertiary/aromatic N) is 5. The number of rotatable bonds is 8. The monoisotopic (exact) mass is 448 g/mol. The molecule has 170 valence electrons. The molecule has 1 unspecified atom stereocenters. The summed E-state index contributed by atoms with van der Waals surface area (Å²) in [5, 5.41) is 19.2. The van der Waals surface area contributed by atoms with Crippen molar-refractivity contribution in [2.75, 3.05) is 0 Å². The molecule has 0 aliphatic heterocycles. The summed E-state index contributed by atoms with van der Waals surface area (Å²) < 4.78 is 8.46. The average molecular weight is 448 g/mol. The number of pyridine rings is 1. The molecule has 3 aromatic heterocycles. The Morgan fingerprint density at radius 2 is 2.06 bits per heavy atom. The molecule has 0 radical (unpaired) electrons. The summed E-state index contributed by atoms with van der Waals surface area (Å²) in [6.45, 7) is 3.62. The molecule has 4 rings (SSSR count). The van der Waals surface area contributed by atoms with Gasteiger partial charge >= 0.3 is 0 Å². The Labute approximate surface area is 189 Å². The lowest BCUT2D eigenvalue weighted by Crippen LogP contribution is -2.36. The van der Waals surface area contributed by atoms with Crippen molar-refractivity contribution in [3.8, 4) is 11.5 Å². The van der Waals surface area contributed by atoms with Crippen molar-refractivity contribution in [1.82, 2.24) is 24.5 Å². The number of hydrogen-bond donors (Lipinski definition) is 2. The van der Waals surface area contributed by atoms with E-state index in [1.54, 1.807) is 55.2 Å². The van der Waals surface area contributed by atoms with E-state index in [-0.39, 0.29) is 18.7 Å². The summed E-state index contributed by atoms with van der Waals surface area (Å²) in [6, 6.07) is 11.0. The van der Waals surface area contributed by atoms with Gasteiger partial charge in [0.1, 0.15) is 11.8 Å². The maximum Gasteiger partial charge on any atom is 0.271 e. The molecular formula is C23H24N6O4. The first-order valence-electron chi connectivity index (χ1n) is 10.3. The number of carbonyl (C=O) groups is 1. The van der Waals surface area contributed by atoms with Crippen LogP contribution in [0, 0.1) is 0 Å². The fourth-order valence-corrected chi connectivity index (χ4v) is 3.48. The van der Waals surface area contributed by atoms with E-state index >= 15 is 0 Å². The van der Waals surface area contributed by atoms with Crippen molar-refractivity contribution in [2.24, 2.45) is 5.73 Å². The number of aromatic nitrogens is 5. The molecule has 0 spiro atoms. The van der Waals surface area contributed by atoms with Crippen LogP contribution in [0.1, 0.15) is 25.6 Å². The van der Waals surface area contributed by atoms with Gasteiger partial charge < -0.3 is 15.6 Å². The number of carbonyl (C=O) groups excluding carboxylic acids is 1. The van der Waals surface area contributed by atoms with E-state index in [1.165, 1.54) is 12.3 Å². The number of aliphatic hydroxyl groups is 1. The van der Waals surface area contributed by atoms with Gasteiger partial charge in [0, 0.05) is 30.3 Å². The second-order valence-corrected chi connectivity index (χ2v) is 8.34. The van der Waals surface area contributed by atoms with Crippen LogP contribution in [-0.2, 0) is 17.8 Å². The highest BCUT2D eigenvalue weighted by Gasteiger charge is 2.23. The Kier molecular flexibility index (Phi) is 5.93. The fourth-order valence-electron chi connectivity index (χ4n) is 3.48. The number of hydrogen-bond acceptors (Lipinski definition) is 7. The van der Waals surface area contributed by atoms with Gasteiger partial charge in [-0.1, -0.05) is 6.07 Å². The molecule has 4 aromatic rings. The van der Waals surface area contributed by atoms with Crippen LogP contribution >= 0.6 is 0 Å². The van der Waals surface area contributed by atoms with Crippen LogP contribution in [0.5, 0.6) is 11.5 Å². The maximum atomic E-state index is 12.8. The van der Waals surface area contributed by atoms with Gasteiger partial charge in [-0.3, -0.25) is 19.3 Å². The zero-order chi connectivity index (χ0) is 23.6. The number of amides is 1. The maximum absolute atomic E-state index is 12.8. The molecule has 0 saturated carbocycles. The molecule has 1 amide bonds. The van der Waals surface area contributed by atoms with Gasteiger partial charge in [0.2, 0.25) is 5.91 Å². The normalized spacial score (nSPS) is 12.6. The van der Waals surface area contributed by atoms with E-state index in [1.807, 2.05) is 12.1 Å². The molecule has 10 nitrogen and oxygen atoms in total. The van der Waals surface area contributed by atoms with Gasteiger partial charge in [0.05, 0.1) is 29.6 Å². The highest BCUT2D eigenvalue weighted by Crippen LogP contribution is 2.28. The van der Waals surface area contributed by atoms with E-state index in [4.69, 9.17) is 10.5 Å². The van der Waals surface area contributed by atoms with Crippen LogP contribution in [0.25, 0.3) is 10.9 Å². The average Bonchev–Trinajstić information content (AvgIpc) is 3.18. The molecule has 0 bridgehead atoms. The molecule has 0 aliphatic carbocycles. The van der Waals surface area contributed by atoms with Gasteiger partial charge in [-0.25, -0.2) is 4.68 Å². The third-order valence-corrected chi connectivity index (χ3v) is 4.91. The SMILES string of the molecule is CC(C)(O)Cn1ccc(CC(C(N)=O)n2ncc(Oc3cccc4ncccc34)cc2=O)n1. The molecule has 0 aliphatic rings. The predicted octanol–water partition coefficient (Wildman–Crippen LogP) is 1.82. The van der Waals surface area contributed by atoms with Crippen molar-refractivity contribution in [3.63, 3.8) is 0 Å². The van der Waals surface area contributed by atoms with E-state index in [0.29, 0.717) is 11.4 Å². The van der Waals surface area contributed by atoms with Crippen LogP contribution in [-0.4, -0.2) is 41.2 Å². The number of nitrogens with two attached hydrogens (primary N) is 1. The van der Waals surface area contributed by atoms with Crippen molar-refractivity contribution in [3.05, 3.63) is 77.1 Å². The van der Waals surface area contributed by atoms with E-state index < -0.39 is 23.1 Å². The highest BCUT2D eigenvalue weighted by atomic mass is 16.5. The quantitative estimate of drug-likeness (QED) is 0.419. The lowest BCUT2D eigenvalue weighted by Gasteiger charge is -2.17. The zero-order valence-corrected chi connectivity index (χ0v) is 18.3. The Morgan fingerprint density at radius 1 is 1.24 bits per heavy atom. The van der Waals surface area contributed by atoms with Gasteiger partial charge in [-0.2, -0.15) is 10.2 Å². The number of primary amides is 1. The Balaban J connectivity index is 1.56. The summed E-state index contributed by atoms with van der Waals surface area (Å²) in [7, 11) is 0. The lowest BCUT2D eigenvalue weighted by atomic mass is 10.1. The highest BCUT2D eigenvalue weighted by molar-refractivity contribution is 5.85. The van der Waals surface area contributed by atoms with Crippen LogP contribution in [0.2, 0.25) is 0 Å².